The van der Waals surface area contributed by atoms with Gasteiger partial charge in [-0.1, -0.05) is 38.3 Å². The van der Waals surface area contributed by atoms with Crippen molar-refractivity contribution in [2.75, 3.05) is 17.2 Å². The number of halogens is 3. The maximum absolute atomic E-state index is 12.9. The second-order valence-corrected chi connectivity index (χ2v) is 8.86. The lowest BCUT2D eigenvalue weighted by Crippen LogP contribution is -2.34. The normalized spacial score (nSPS) is 10.9. The lowest BCUT2D eigenvalue weighted by molar-refractivity contribution is -0.137. The van der Waals surface area contributed by atoms with Crippen LogP contribution in [0.3, 0.4) is 0 Å². The molecule has 0 atom stereocenters. The van der Waals surface area contributed by atoms with E-state index in [2.05, 4.69) is 22.9 Å². The van der Waals surface area contributed by atoms with Crippen molar-refractivity contribution >= 4 is 40.5 Å². The van der Waals surface area contributed by atoms with Crippen molar-refractivity contribution < 1.29 is 27.5 Å². The van der Waals surface area contributed by atoms with E-state index in [0.29, 0.717) is 23.6 Å². The van der Waals surface area contributed by atoms with Gasteiger partial charge in [0.05, 0.1) is 12.2 Å². The Hall–Kier alpha value is -3.92. The van der Waals surface area contributed by atoms with Crippen LogP contribution in [0, 0.1) is 0 Å². The van der Waals surface area contributed by atoms with Gasteiger partial charge in [0.15, 0.2) is 5.11 Å². The molecule has 0 heterocycles. The third-order valence-corrected chi connectivity index (χ3v) is 5.64. The SMILES string of the molecule is CCCCCCOc1ccc(C(=O)NC(=S)Nc2cccc(C(=O)Nc3cccc(C(F)(F)F)c3)c2)cc1. The third-order valence-electron chi connectivity index (χ3n) is 5.44. The number of hydrogen-bond acceptors (Lipinski definition) is 4. The van der Waals surface area contributed by atoms with Gasteiger partial charge < -0.3 is 15.4 Å². The largest absolute Gasteiger partial charge is 0.494 e. The summed E-state index contributed by atoms with van der Waals surface area (Å²) in [5, 5.41) is 7.87. The van der Waals surface area contributed by atoms with Crippen molar-refractivity contribution in [3.63, 3.8) is 0 Å². The van der Waals surface area contributed by atoms with Gasteiger partial charge in [0.2, 0.25) is 0 Å². The lowest BCUT2D eigenvalue weighted by atomic mass is 10.1. The zero-order valence-corrected chi connectivity index (χ0v) is 21.5. The monoisotopic (exact) mass is 543 g/mol. The van der Waals surface area contributed by atoms with Gasteiger partial charge in [-0.2, -0.15) is 13.2 Å². The minimum atomic E-state index is -4.52. The third kappa shape index (κ3) is 8.88. The molecule has 10 heteroatoms. The van der Waals surface area contributed by atoms with Crippen LogP contribution in [-0.4, -0.2) is 23.5 Å². The van der Waals surface area contributed by atoms with Crippen LogP contribution >= 0.6 is 12.2 Å². The number of anilines is 2. The molecule has 0 aliphatic heterocycles. The molecule has 0 spiro atoms. The zero-order chi connectivity index (χ0) is 27.5. The maximum Gasteiger partial charge on any atom is 0.416 e. The quantitative estimate of drug-likeness (QED) is 0.189. The van der Waals surface area contributed by atoms with E-state index in [1.807, 2.05) is 0 Å². The molecule has 0 aromatic heterocycles. The molecule has 0 aliphatic rings. The van der Waals surface area contributed by atoms with Crippen LogP contribution < -0.4 is 20.7 Å². The first-order chi connectivity index (χ1) is 18.2. The molecule has 6 nitrogen and oxygen atoms in total. The highest BCUT2D eigenvalue weighted by atomic mass is 32.1. The van der Waals surface area contributed by atoms with Crippen LogP contribution in [0.25, 0.3) is 0 Å². The molecule has 0 fully saturated rings. The van der Waals surface area contributed by atoms with Crippen molar-refractivity contribution in [1.82, 2.24) is 5.32 Å². The summed E-state index contributed by atoms with van der Waals surface area (Å²) in [6, 6.07) is 17.3. The molecule has 2 amide bonds. The minimum Gasteiger partial charge on any atom is -0.494 e. The van der Waals surface area contributed by atoms with E-state index in [1.54, 1.807) is 36.4 Å². The second-order valence-electron chi connectivity index (χ2n) is 8.46. The Morgan fingerprint density at radius 1 is 0.816 bits per heavy atom. The Kier molecular flexibility index (Phi) is 10.2. The molecule has 0 saturated heterocycles. The lowest BCUT2D eigenvalue weighted by Gasteiger charge is -2.12. The molecule has 0 aliphatic carbocycles. The first-order valence-electron chi connectivity index (χ1n) is 12.1. The van der Waals surface area contributed by atoms with E-state index >= 15 is 0 Å². The van der Waals surface area contributed by atoms with Gasteiger partial charge in [0.25, 0.3) is 11.8 Å². The molecule has 0 saturated carbocycles. The van der Waals surface area contributed by atoms with Gasteiger partial charge >= 0.3 is 6.18 Å². The number of unbranched alkanes of at least 4 members (excludes halogenated alkanes) is 3. The van der Waals surface area contributed by atoms with E-state index in [1.165, 1.54) is 30.7 Å². The van der Waals surface area contributed by atoms with Crippen molar-refractivity contribution in [3.8, 4) is 5.75 Å². The number of amides is 2. The number of rotatable bonds is 10. The molecule has 3 rings (SSSR count). The summed E-state index contributed by atoms with van der Waals surface area (Å²) in [4.78, 5) is 25.1. The van der Waals surface area contributed by atoms with Crippen LogP contribution in [0.1, 0.15) is 58.9 Å². The van der Waals surface area contributed by atoms with Gasteiger partial charge in [-0.25, -0.2) is 0 Å². The Morgan fingerprint density at radius 2 is 1.50 bits per heavy atom. The van der Waals surface area contributed by atoms with Crippen molar-refractivity contribution in [1.29, 1.82) is 0 Å². The molecule has 3 aromatic carbocycles. The summed E-state index contributed by atoms with van der Waals surface area (Å²) < 4.78 is 44.5. The van der Waals surface area contributed by atoms with Crippen LogP contribution in [-0.2, 0) is 6.18 Å². The number of benzene rings is 3. The summed E-state index contributed by atoms with van der Waals surface area (Å²) in [6.45, 7) is 2.77. The summed E-state index contributed by atoms with van der Waals surface area (Å²) in [7, 11) is 0. The van der Waals surface area contributed by atoms with Gasteiger partial charge in [0, 0.05) is 22.5 Å². The molecule has 200 valence electrons. The van der Waals surface area contributed by atoms with Gasteiger partial charge in [0.1, 0.15) is 5.75 Å². The smallest absolute Gasteiger partial charge is 0.416 e. The molecule has 3 aromatic rings. The van der Waals surface area contributed by atoms with E-state index in [0.717, 1.165) is 31.4 Å². The molecule has 3 N–H and O–H groups in total. The zero-order valence-electron chi connectivity index (χ0n) is 20.7. The average molecular weight is 544 g/mol. The highest BCUT2D eigenvalue weighted by Gasteiger charge is 2.30. The standard InChI is InChI=1S/C28H28F3N3O3S/c1-2-3-4-5-16-37-24-14-12-19(13-15-24)25(35)34-27(38)33-22-10-6-8-20(17-22)26(36)32-23-11-7-9-21(18-23)28(29,30)31/h6-15,17-18H,2-5,16H2,1H3,(H,32,36)(H2,33,34,35,38). The van der Waals surface area contributed by atoms with E-state index in [4.69, 9.17) is 17.0 Å². The number of thiocarbonyl (C=S) groups is 1. The molecule has 38 heavy (non-hydrogen) atoms. The summed E-state index contributed by atoms with van der Waals surface area (Å²) in [6.07, 6.45) is -0.0955. The molecular formula is C28H28F3N3O3S. The topological polar surface area (TPSA) is 79.5 Å². The molecule has 0 unspecified atom stereocenters. The van der Waals surface area contributed by atoms with Crippen molar-refractivity contribution in [2.45, 2.75) is 38.8 Å². The first-order valence-corrected chi connectivity index (χ1v) is 12.5. The second kappa shape index (κ2) is 13.6. The van der Waals surface area contributed by atoms with Crippen molar-refractivity contribution in [3.05, 3.63) is 89.5 Å². The summed E-state index contributed by atoms with van der Waals surface area (Å²) in [5.41, 5.74) is 0.141. The molecule has 0 radical (unpaired) electrons. The number of hydrogen-bond donors (Lipinski definition) is 3. The predicted molar refractivity (Wildman–Crippen MR) is 146 cm³/mol. The van der Waals surface area contributed by atoms with Crippen LogP contribution in [0.15, 0.2) is 72.8 Å². The highest BCUT2D eigenvalue weighted by Crippen LogP contribution is 2.30. The van der Waals surface area contributed by atoms with Crippen molar-refractivity contribution in [2.24, 2.45) is 0 Å². The fraction of sp³-hybridized carbons (Fsp3) is 0.250. The van der Waals surface area contributed by atoms with Gasteiger partial charge in [-0.05, 0) is 79.3 Å². The molecular weight excluding hydrogens is 515 g/mol. The van der Waals surface area contributed by atoms with Crippen LogP contribution in [0.4, 0.5) is 24.5 Å². The summed E-state index contributed by atoms with van der Waals surface area (Å²) in [5.74, 6) is -0.343. The minimum absolute atomic E-state index is 0.0129. The van der Waals surface area contributed by atoms with E-state index < -0.39 is 23.6 Å². The Morgan fingerprint density at radius 3 is 2.18 bits per heavy atom. The van der Waals surface area contributed by atoms with Crippen LogP contribution in [0.5, 0.6) is 5.75 Å². The number of alkyl halides is 3. The fourth-order valence-electron chi connectivity index (χ4n) is 3.47. The first kappa shape index (κ1) is 28.6. The Labute approximate surface area is 224 Å². The highest BCUT2D eigenvalue weighted by molar-refractivity contribution is 7.80. The molecule has 0 bridgehead atoms. The number of nitrogens with one attached hydrogen (secondary N) is 3. The summed E-state index contributed by atoms with van der Waals surface area (Å²) >= 11 is 5.22. The Bertz CT molecular complexity index is 1260. The Balaban J connectivity index is 1.53. The fourth-order valence-corrected chi connectivity index (χ4v) is 3.68. The van der Waals surface area contributed by atoms with E-state index in [9.17, 15) is 22.8 Å². The van der Waals surface area contributed by atoms with Crippen LogP contribution in [0.2, 0.25) is 0 Å². The predicted octanol–water partition coefficient (Wildman–Crippen LogP) is 7.04. The van der Waals surface area contributed by atoms with E-state index in [-0.39, 0.29) is 16.4 Å². The van der Waals surface area contributed by atoms with Gasteiger partial charge in [-0.15, -0.1) is 0 Å². The average Bonchev–Trinajstić information content (AvgIpc) is 2.88. The number of carbonyl (C=O) groups excluding carboxylic acids is 2. The van der Waals surface area contributed by atoms with Gasteiger partial charge in [-0.3, -0.25) is 14.9 Å². The number of carbonyl (C=O) groups is 2. The number of ether oxygens (including phenoxy) is 1. The maximum atomic E-state index is 12.9.